The van der Waals surface area contributed by atoms with Crippen molar-refractivity contribution in [1.29, 1.82) is 0 Å². The second-order valence-corrected chi connectivity index (χ2v) is 48.7. The number of phenols is 7. The molecule has 2 spiro atoms. The number of hydrogen-bond acceptors (Lipinski definition) is 19. The Labute approximate surface area is 856 Å². The lowest BCUT2D eigenvalue weighted by Crippen LogP contribution is -2.53. The van der Waals surface area contributed by atoms with Gasteiger partial charge in [-0.3, -0.25) is 4.90 Å². The second-order valence-electron chi connectivity index (χ2n) is 48.7. The Hall–Kier alpha value is -9.94. The van der Waals surface area contributed by atoms with E-state index in [0.717, 1.165) is 202 Å². The minimum Gasteiger partial charge on any atom is -0.508 e. The van der Waals surface area contributed by atoms with Crippen LogP contribution >= 0.6 is 0 Å². The number of ether oxygens (including phenoxy) is 9. The number of methoxy groups -OCH3 is 1. The Morgan fingerprint density at radius 3 is 1.56 bits per heavy atom. The third-order valence-corrected chi connectivity index (χ3v) is 33.6. The Morgan fingerprint density at radius 2 is 0.986 bits per heavy atom. The first-order chi connectivity index (χ1) is 66.9. The molecule has 19 nitrogen and oxygen atoms in total. The van der Waals surface area contributed by atoms with Crippen LogP contribution in [0.2, 0.25) is 0 Å². The summed E-state index contributed by atoms with van der Waals surface area (Å²) in [4.78, 5) is 18.6. The molecule has 8 atom stereocenters. The van der Waals surface area contributed by atoms with Gasteiger partial charge in [0.2, 0.25) is 0 Å². The molecule has 11 aliphatic rings. The predicted molar refractivity (Wildman–Crippen MR) is 572 cm³/mol. The van der Waals surface area contributed by atoms with Crippen LogP contribution in [0.3, 0.4) is 0 Å². The number of morpholine rings is 1. The van der Waals surface area contributed by atoms with Crippen LogP contribution in [0.1, 0.15) is 403 Å². The number of phenolic OH excluding ortho intramolecular Hbond substituents is 7. The fourth-order valence-corrected chi connectivity index (χ4v) is 25.4. The molecule has 8 aromatic carbocycles. The number of aryl methyl sites for hydroxylation is 9. The number of fused-ring (bicyclic) bond motifs is 7. The average molecular weight is 1970 g/mol. The highest BCUT2D eigenvalue weighted by Crippen LogP contribution is 2.59. The molecule has 8 aromatic rings. The zero-order chi connectivity index (χ0) is 105. The Kier molecular flexibility index (Phi) is 34.7. The minimum atomic E-state index is -0.656. The van der Waals surface area contributed by atoms with Crippen molar-refractivity contribution in [2.75, 3.05) is 33.4 Å². The summed E-state index contributed by atoms with van der Waals surface area (Å²) in [7, 11) is 1.63. The van der Waals surface area contributed by atoms with E-state index in [2.05, 4.69) is 168 Å². The number of carbonyl (C=O) groups excluding carboxylic acids is 2. The van der Waals surface area contributed by atoms with Crippen molar-refractivity contribution in [3.63, 3.8) is 0 Å². The lowest BCUT2D eigenvalue weighted by Gasteiger charge is -2.52. The van der Waals surface area contributed by atoms with Crippen LogP contribution in [0, 0.1) is 79.6 Å². The van der Waals surface area contributed by atoms with Gasteiger partial charge in [0.05, 0.1) is 20.3 Å². The van der Waals surface area contributed by atoms with Gasteiger partial charge in [-0.05, 0) is 411 Å². The lowest BCUT2D eigenvalue weighted by molar-refractivity contribution is -0.191. The Balaban J connectivity index is 0.000000149. The van der Waals surface area contributed by atoms with Gasteiger partial charge in [-0.25, -0.2) is 0 Å². The first kappa shape index (κ1) is 112. The van der Waals surface area contributed by atoms with Crippen molar-refractivity contribution < 1.29 is 88.0 Å². The lowest BCUT2D eigenvalue weighted by atomic mass is 9.62. The molecule has 8 heterocycles. The van der Waals surface area contributed by atoms with E-state index in [4.69, 9.17) is 52.2 Å². The van der Waals surface area contributed by atoms with E-state index in [-0.39, 0.29) is 73.5 Å². The standard InChI is InChI=1S/C22H32O2.C21H26O4.C21H34O2.C16H24O.C15H21NO3.C15H20O2.C13H18O2.CO2/c1-21(2)11-6-7-12-22(21)13-10-17-14-19(23)18(15-20(17)24-22)16-8-4-3-5-9-16;1-12-7-18(24-6)15(10-17(12)23)21(5)11-20(3,4)14-9-16(22)13(2)8-19(14)25-21;1-13(2)10-9-11-21(8)12-20(6,7)17-16(5)18(22)14(3)15(4)19(17)23-21;1-6-7-13-9-14-12(3)10-16(4,5)17-15(14)8-11(13)2;1-10-8-13-11(9-12(10)17)15(2,3)14(19-13)16-4-6-18-7-5-16;1-10-8-14-12(9-13(10)16)5-7-15(17-14)6-3-4-11(15)2;1-8-5-12-10(6-11(8)14)9(2)7-13(3,4)15-12;2-1-3/h14-16,23H,3-13H2,1-2H3;7-10,22-23H,11H2,1-6H3;13,22H,9-12H2,1-8H3;8-9,12H,6-7,10H2,1-5H3;8-9,14,17H,4-7H2,1-3H3;8-9,11,16H,3-7H2,1-2H3;5-6,9,14H,7H2,1-4H3;. The summed E-state index contributed by atoms with van der Waals surface area (Å²) in [6, 6.07) is 27.5. The molecule has 19 rings (SSSR count). The molecule has 7 N–H and O–H groups in total. The molecule has 784 valence electrons. The molecule has 143 heavy (non-hydrogen) atoms. The smallest absolute Gasteiger partial charge is 0.373 e. The SMILES string of the molecule is CC1(C)CCCCC12CCc1cc(O)c(C3CCCCC3)cc1O2.CCCc1cc2c(cc1C)OC(C)(C)CC2C.COc1cc(C)c(O)cc1C1(C)CC(C)(C)c2cc(O)c(C)cc2O1.Cc1c(C)c2c(c(C)c1O)C(C)(C)CC(C)(CCCC(C)C)O2.Cc1cc2c(cc1O)C(C)(C)C(N1CCOCC1)O2.Cc1cc2c(cc1O)C(C)CC(C)(C)O2.Cc1cc2c(cc1O)CCC1(CCCC1C)O2.O=C=O. The van der Waals surface area contributed by atoms with Gasteiger partial charge >= 0.3 is 6.15 Å². The van der Waals surface area contributed by atoms with Crippen LogP contribution < -0.4 is 37.9 Å². The van der Waals surface area contributed by atoms with Crippen LogP contribution in [-0.2, 0) is 55.4 Å². The average Bonchev–Trinajstić information content (AvgIpc) is 1.56. The molecule has 3 saturated carbocycles. The van der Waals surface area contributed by atoms with Crippen LogP contribution in [0.5, 0.6) is 86.2 Å². The van der Waals surface area contributed by atoms with Crippen molar-refractivity contribution in [2.24, 2.45) is 17.3 Å². The van der Waals surface area contributed by atoms with Gasteiger partial charge in [0.25, 0.3) is 0 Å². The highest BCUT2D eigenvalue weighted by molar-refractivity contribution is 5.62. The summed E-state index contributed by atoms with van der Waals surface area (Å²) in [5.74, 6) is 13.0. The first-order valence-corrected chi connectivity index (χ1v) is 53.6. The fraction of sp³-hybridized carbons (Fsp3) is 0.605. The molecule has 1 saturated heterocycles. The van der Waals surface area contributed by atoms with Crippen molar-refractivity contribution in [3.05, 3.63) is 191 Å². The summed E-state index contributed by atoms with van der Waals surface area (Å²) in [6.45, 7) is 65.4. The highest BCUT2D eigenvalue weighted by atomic mass is 16.5. The zero-order valence-electron chi connectivity index (χ0n) is 92.6. The maximum atomic E-state index is 10.6. The zero-order valence-corrected chi connectivity index (χ0v) is 92.6. The van der Waals surface area contributed by atoms with E-state index >= 15 is 0 Å². The maximum Gasteiger partial charge on any atom is 0.373 e. The fourth-order valence-electron chi connectivity index (χ4n) is 25.4. The molecule has 4 fully saturated rings. The van der Waals surface area contributed by atoms with Gasteiger partial charge in [-0.1, -0.05) is 142 Å². The first-order valence-electron chi connectivity index (χ1n) is 53.6. The largest absolute Gasteiger partial charge is 0.508 e. The Bertz CT molecular complexity index is 5850. The molecule has 0 amide bonds. The summed E-state index contributed by atoms with van der Waals surface area (Å²) in [6.07, 6.45) is 29.4. The molecular weight excluding hydrogens is 1790 g/mol. The van der Waals surface area contributed by atoms with Gasteiger partial charge < -0.3 is 78.4 Å². The van der Waals surface area contributed by atoms with Crippen LogP contribution in [0.15, 0.2) is 84.9 Å². The summed E-state index contributed by atoms with van der Waals surface area (Å²) in [5, 5.41) is 70.7. The molecule has 0 aromatic heterocycles. The second kappa shape index (κ2) is 44.4. The predicted octanol–water partition coefficient (Wildman–Crippen LogP) is 29.8. The molecule has 8 unspecified atom stereocenters. The number of rotatable bonds is 10. The van der Waals surface area contributed by atoms with Gasteiger partial charge in [0.15, 0.2) is 6.23 Å². The topological polar surface area (TPSA) is 262 Å². The molecule has 3 aliphatic carbocycles. The summed E-state index contributed by atoms with van der Waals surface area (Å²) >= 11 is 0. The summed E-state index contributed by atoms with van der Waals surface area (Å²) in [5.41, 5.74) is 19.3. The maximum absolute atomic E-state index is 10.6. The van der Waals surface area contributed by atoms with Gasteiger partial charge in [0, 0.05) is 63.7 Å². The summed E-state index contributed by atoms with van der Waals surface area (Å²) < 4.78 is 55.2. The van der Waals surface area contributed by atoms with Crippen LogP contribution in [0.25, 0.3) is 0 Å². The van der Waals surface area contributed by atoms with Crippen molar-refractivity contribution in [1.82, 2.24) is 4.90 Å². The van der Waals surface area contributed by atoms with Crippen molar-refractivity contribution >= 4 is 6.15 Å². The normalized spacial score (nSPS) is 24.7. The monoisotopic (exact) mass is 1970 g/mol. The van der Waals surface area contributed by atoms with Crippen molar-refractivity contribution in [3.8, 4) is 86.2 Å². The third kappa shape index (κ3) is 25.0. The molecule has 0 bridgehead atoms. The van der Waals surface area contributed by atoms with Crippen LogP contribution in [-0.4, -0.2) is 114 Å². The van der Waals surface area contributed by atoms with E-state index < -0.39 is 5.60 Å². The quantitative estimate of drug-likeness (QED) is 0.0671. The van der Waals surface area contributed by atoms with E-state index in [1.165, 1.54) is 131 Å². The minimum absolute atomic E-state index is 0.000935. The number of aromatic hydroxyl groups is 7. The third-order valence-electron chi connectivity index (χ3n) is 33.6. The van der Waals surface area contributed by atoms with Gasteiger partial charge in [-0.2, -0.15) is 9.59 Å². The van der Waals surface area contributed by atoms with E-state index in [0.29, 0.717) is 64.6 Å². The number of nitrogens with zero attached hydrogens (tertiary/aromatic N) is 1. The number of hydrogen-bond donors (Lipinski definition) is 7. The molecular formula is C124H175NO18. The van der Waals surface area contributed by atoms with E-state index in [1.807, 2.05) is 110 Å². The van der Waals surface area contributed by atoms with Crippen molar-refractivity contribution in [2.45, 2.75) is 435 Å². The van der Waals surface area contributed by atoms with Gasteiger partial charge in [-0.15, -0.1) is 0 Å². The number of benzene rings is 8. The van der Waals surface area contributed by atoms with E-state index in [9.17, 15) is 35.7 Å². The molecule has 19 heteroatoms. The molecule has 0 radical (unpaired) electrons. The Morgan fingerprint density at radius 1 is 0.469 bits per heavy atom. The van der Waals surface area contributed by atoms with Crippen LogP contribution in [0.4, 0.5) is 0 Å². The highest BCUT2D eigenvalue weighted by Gasteiger charge is 2.53. The molecule has 8 aliphatic heterocycles. The van der Waals surface area contributed by atoms with E-state index in [1.54, 1.807) is 19.2 Å². The van der Waals surface area contributed by atoms with Gasteiger partial charge in [0.1, 0.15) is 120 Å².